The number of nitrogens with zero attached hydrogens (tertiary/aromatic N) is 2. The summed E-state index contributed by atoms with van der Waals surface area (Å²) >= 11 is 1.50. The lowest BCUT2D eigenvalue weighted by atomic mass is 10.0. The highest BCUT2D eigenvalue weighted by atomic mass is 32.1. The molecule has 1 fully saturated rings. The van der Waals surface area contributed by atoms with Crippen LogP contribution in [0.3, 0.4) is 0 Å². The monoisotopic (exact) mass is 385 g/mol. The van der Waals surface area contributed by atoms with Crippen LogP contribution in [0, 0.1) is 6.92 Å². The van der Waals surface area contributed by atoms with Crippen LogP contribution < -0.4 is 5.32 Å². The second-order valence-electron chi connectivity index (χ2n) is 6.95. The summed E-state index contributed by atoms with van der Waals surface area (Å²) in [6.07, 6.45) is 0.943. The van der Waals surface area contributed by atoms with Crippen LogP contribution in [0.2, 0.25) is 0 Å². The molecule has 1 aliphatic heterocycles. The summed E-state index contributed by atoms with van der Waals surface area (Å²) in [6.45, 7) is 8.02. The van der Waals surface area contributed by atoms with Crippen molar-refractivity contribution >= 4 is 23.2 Å². The molecule has 2 amide bonds. The molecule has 1 aromatic carbocycles. The summed E-state index contributed by atoms with van der Waals surface area (Å²) in [7, 11) is 0. The van der Waals surface area contributed by atoms with Gasteiger partial charge in [-0.15, -0.1) is 11.3 Å². The van der Waals surface area contributed by atoms with E-state index in [-0.39, 0.29) is 11.8 Å². The molecule has 1 aromatic heterocycles. The van der Waals surface area contributed by atoms with Crippen molar-refractivity contribution in [2.24, 2.45) is 0 Å². The van der Waals surface area contributed by atoms with Gasteiger partial charge >= 0.3 is 0 Å². The lowest BCUT2D eigenvalue weighted by Crippen LogP contribution is -2.51. The SMILES string of the molecule is CCCNC(=O)CN1CCN(C(=O)c2sccc2-c2ccc(C)cc2)CC1. The highest BCUT2D eigenvalue weighted by molar-refractivity contribution is 7.12. The fraction of sp³-hybridized carbons (Fsp3) is 0.429. The quantitative estimate of drug-likeness (QED) is 0.832. The Morgan fingerprint density at radius 2 is 1.78 bits per heavy atom. The third kappa shape index (κ3) is 4.96. The largest absolute Gasteiger partial charge is 0.355 e. The Balaban J connectivity index is 1.60. The molecule has 2 aromatic rings. The number of hydrogen-bond acceptors (Lipinski definition) is 4. The molecule has 0 bridgehead atoms. The lowest BCUT2D eigenvalue weighted by molar-refractivity contribution is -0.122. The van der Waals surface area contributed by atoms with E-state index >= 15 is 0 Å². The minimum Gasteiger partial charge on any atom is -0.355 e. The van der Waals surface area contributed by atoms with Gasteiger partial charge in [0.05, 0.1) is 11.4 Å². The maximum absolute atomic E-state index is 13.0. The van der Waals surface area contributed by atoms with Gasteiger partial charge in [-0.25, -0.2) is 0 Å². The van der Waals surface area contributed by atoms with Crippen LogP contribution in [0.25, 0.3) is 11.1 Å². The number of carbonyl (C=O) groups excluding carboxylic acids is 2. The number of rotatable bonds is 6. The minimum atomic E-state index is 0.0662. The van der Waals surface area contributed by atoms with Gasteiger partial charge in [0, 0.05) is 38.3 Å². The predicted octanol–water partition coefficient (Wildman–Crippen LogP) is 3.01. The normalized spacial score (nSPS) is 15.0. The summed E-state index contributed by atoms with van der Waals surface area (Å²) in [5, 5.41) is 4.89. The molecule has 0 atom stereocenters. The standard InChI is InChI=1S/C21H27N3O2S/c1-3-9-22-19(25)15-23-10-12-24(13-11-23)21(26)20-18(8-14-27-20)17-6-4-16(2)5-7-17/h4-8,14H,3,9-13,15H2,1-2H3,(H,22,25). The van der Waals surface area contributed by atoms with E-state index in [2.05, 4.69) is 41.4 Å². The Bertz CT molecular complexity index is 777. The molecule has 0 spiro atoms. The maximum Gasteiger partial charge on any atom is 0.264 e. The molecule has 5 nitrogen and oxygen atoms in total. The Morgan fingerprint density at radius 1 is 1.07 bits per heavy atom. The number of hydrogen-bond donors (Lipinski definition) is 1. The highest BCUT2D eigenvalue weighted by Crippen LogP contribution is 2.30. The van der Waals surface area contributed by atoms with E-state index in [1.807, 2.05) is 23.3 Å². The molecule has 0 aliphatic carbocycles. The van der Waals surface area contributed by atoms with Crippen LogP contribution in [0.5, 0.6) is 0 Å². The number of benzene rings is 1. The maximum atomic E-state index is 13.0. The van der Waals surface area contributed by atoms with E-state index in [0.29, 0.717) is 19.6 Å². The third-order valence-corrected chi connectivity index (χ3v) is 5.72. The summed E-state index contributed by atoms with van der Waals surface area (Å²) in [6, 6.07) is 10.3. The molecule has 0 radical (unpaired) electrons. The smallest absolute Gasteiger partial charge is 0.264 e. The van der Waals surface area contributed by atoms with Crippen LogP contribution in [0.1, 0.15) is 28.6 Å². The molecule has 0 unspecified atom stereocenters. The van der Waals surface area contributed by atoms with Gasteiger partial charge in [0.25, 0.3) is 5.91 Å². The summed E-state index contributed by atoms with van der Waals surface area (Å²) in [4.78, 5) is 29.7. The average Bonchev–Trinajstić information content (AvgIpc) is 3.17. The lowest BCUT2D eigenvalue weighted by Gasteiger charge is -2.34. The van der Waals surface area contributed by atoms with Gasteiger partial charge in [-0.1, -0.05) is 36.8 Å². The molecule has 0 saturated carbocycles. The fourth-order valence-electron chi connectivity index (χ4n) is 3.21. The Labute approximate surface area is 165 Å². The van der Waals surface area contributed by atoms with Crippen molar-refractivity contribution in [1.29, 1.82) is 0 Å². The van der Waals surface area contributed by atoms with Crippen molar-refractivity contribution < 1.29 is 9.59 Å². The molecular formula is C21H27N3O2S. The first-order chi connectivity index (χ1) is 13.1. The van der Waals surface area contributed by atoms with E-state index in [1.165, 1.54) is 16.9 Å². The van der Waals surface area contributed by atoms with E-state index in [9.17, 15) is 9.59 Å². The molecule has 27 heavy (non-hydrogen) atoms. The minimum absolute atomic E-state index is 0.0662. The molecule has 144 valence electrons. The zero-order valence-corrected chi connectivity index (χ0v) is 16.8. The van der Waals surface area contributed by atoms with Crippen LogP contribution in [0.4, 0.5) is 0 Å². The third-order valence-electron chi connectivity index (χ3n) is 4.82. The van der Waals surface area contributed by atoms with E-state index in [1.54, 1.807) is 0 Å². The molecular weight excluding hydrogens is 358 g/mol. The topological polar surface area (TPSA) is 52.7 Å². The Morgan fingerprint density at radius 3 is 2.44 bits per heavy atom. The molecule has 1 aliphatic rings. The van der Waals surface area contributed by atoms with E-state index < -0.39 is 0 Å². The molecule has 1 saturated heterocycles. The average molecular weight is 386 g/mol. The summed E-state index contributed by atoms with van der Waals surface area (Å²) in [5.41, 5.74) is 3.30. The predicted molar refractivity (Wildman–Crippen MR) is 110 cm³/mol. The number of carbonyl (C=O) groups is 2. The van der Waals surface area contributed by atoms with Gasteiger partial charge < -0.3 is 10.2 Å². The molecule has 1 N–H and O–H groups in total. The number of thiophene rings is 1. The number of nitrogens with one attached hydrogen (secondary N) is 1. The first kappa shape index (κ1) is 19.6. The van der Waals surface area contributed by atoms with Crippen molar-refractivity contribution in [2.45, 2.75) is 20.3 Å². The van der Waals surface area contributed by atoms with Crippen molar-refractivity contribution in [3.8, 4) is 11.1 Å². The second kappa shape index (κ2) is 9.15. The van der Waals surface area contributed by atoms with Crippen molar-refractivity contribution in [1.82, 2.24) is 15.1 Å². The van der Waals surface area contributed by atoms with Gasteiger partial charge in [0.2, 0.25) is 5.91 Å². The zero-order chi connectivity index (χ0) is 19.2. The van der Waals surface area contributed by atoms with E-state index in [0.717, 1.165) is 42.1 Å². The van der Waals surface area contributed by atoms with Gasteiger partial charge in [0.1, 0.15) is 0 Å². The van der Waals surface area contributed by atoms with Gasteiger partial charge in [-0.2, -0.15) is 0 Å². The first-order valence-corrected chi connectivity index (χ1v) is 10.4. The van der Waals surface area contributed by atoms with Crippen LogP contribution in [-0.2, 0) is 4.79 Å². The molecule has 3 rings (SSSR count). The fourth-order valence-corrected chi connectivity index (χ4v) is 4.09. The zero-order valence-electron chi connectivity index (χ0n) is 16.0. The van der Waals surface area contributed by atoms with Crippen LogP contribution in [-0.4, -0.2) is 60.9 Å². The molecule has 2 heterocycles. The summed E-state index contributed by atoms with van der Waals surface area (Å²) in [5.74, 6) is 0.159. The second-order valence-corrected chi connectivity index (χ2v) is 7.86. The van der Waals surface area contributed by atoms with Crippen molar-refractivity contribution in [2.75, 3.05) is 39.3 Å². The van der Waals surface area contributed by atoms with Gasteiger partial charge in [0.15, 0.2) is 0 Å². The molecule has 6 heteroatoms. The van der Waals surface area contributed by atoms with Crippen molar-refractivity contribution in [3.63, 3.8) is 0 Å². The Hall–Kier alpha value is -2.18. The van der Waals surface area contributed by atoms with Gasteiger partial charge in [-0.3, -0.25) is 14.5 Å². The number of aryl methyl sites for hydroxylation is 1. The summed E-state index contributed by atoms with van der Waals surface area (Å²) < 4.78 is 0. The van der Waals surface area contributed by atoms with Gasteiger partial charge in [-0.05, 0) is 30.4 Å². The number of amides is 2. The first-order valence-electron chi connectivity index (χ1n) is 9.51. The number of piperazine rings is 1. The highest BCUT2D eigenvalue weighted by Gasteiger charge is 2.25. The van der Waals surface area contributed by atoms with Crippen LogP contribution >= 0.6 is 11.3 Å². The van der Waals surface area contributed by atoms with Crippen LogP contribution in [0.15, 0.2) is 35.7 Å². The van der Waals surface area contributed by atoms with E-state index in [4.69, 9.17) is 0 Å². The Kier molecular flexibility index (Phi) is 6.63. The van der Waals surface area contributed by atoms with Crippen molar-refractivity contribution in [3.05, 3.63) is 46.2 Å².